The maximum absolute atomic E-state index is 9.33. The lowest BCUT2D eigenvalue weighted by molar-refractivity contribution is 0.210. The summed E-state index contributed by atoms with van der Waals surface area (Å²) in [7, 11) is 0. The van der Waals surface area contributed by atoms with Crippen LogP contribution in [-0.4, -0.2) is 18.3 Å². The Morgan fingerprint density at radius 2 is 2.21 bits per heavy atom. The van der Waals surface area contributed by atoms with Crippen LogP contribution >= 0.6 is 27.5 Å². The zero-order valence-corrected chi connectivity index (χ0v) is 10.3. The van der Waals surface area contributed by atoms with E-state index in [2.05, 4.69) is 15.9 Å². The molecule has 1 unspecified atom stereocenters. The average Bonchev–Trinajstić information content (AvgIpc) is 2.17. The van der Waals surface area contributed by atoms with Crippen LogP contribution in [0.3, 0.4) is 0 Å². The van der Waals surface area contributed by atoms with Gasteiger partial charge in [-0.3, -0.25) is 0 Å². The summed E-state index contributed by atoms with van der Waals surface area (Å²) in [5.74, 6) is 0. The number of aliphatic hydroxyl groups is 1. The number of nitrogens with two attached hydrogens (primary N) is 1. The van der Waals surface area contributed by atoms with Crippen molar-refractivity contribution in [1.29, 1.82) is 0 Å². The quantitative estimate of drug-likeness (QED) is 0.891. The number of hydrogen-bond acceptors (Lipinski definition) is 2. The number of rotatable bonds is 3. The zero-order chi connectivity index (χ0) is 10.8. The van der Waals surface area contributed by atoms with Gasteiger partial charge in [-0.05, 0) is 17.7 Å². The second-order valence-corrected chi connectivity index (χ2v) is 4.78. The Morgan fingerprint density at radius 3 is 2.64 bits per heavy atom. The molecular formula is C10H13BrClNO. The van der Waals surface area contributed by atoms with Gasteiger partial charge in [0.05, 0.1) is 6.61 Å². The minimum atomic E-state index is -0.489. The van der Waals surface area contributed by atoms with Crippen molar-refractivity contribution in [3.05, 3.63) is 33.3 Å². The van der Waals surface area contributed by atoms with Crippen LogP contribution in [0.2, 0.25) is 5.02 Å². The van der Waals surface area contributed by atoms with Crippen LogP contribution < -0.4 is 5.73 Å². The van der Waals surface area contributed by atoms with Crippen molar-refractivity contribution in [2.24, 2.45) is 5.73 Å². The van der Waals surface area contributed by atoms with E-state index in [0.29, 0.717) is 11.6 Å². The molecule has 0 aliphatic heterocycles. The first-order chi connectivity index (χ1) is 6.55. The second kappa shape index (κ2) is 4.62. The normalized spacial score (nSPS) is 15.2. The molecule has 1 atom stereocenters. The fourth-order valence-electron chi connectivity index (χ4n) is 1.32. The van der Waals surface area contributed by atoms with Crippen molar-refractivity contribution in [1.82, 2.24) is 0 Å². The molecule has 0 radical (unpaired) electrons. The van der Waals surface area contributed by atoms with Crippen LogP contribution in [0.5, 0.6) is 0 Å². The summed E-state index contributed by atoms with van der Waals surface area (Å²) in [6.45, 7) is 2.22. The maximum Gasteiger partial charge on any atom is 0.0538 e. The van der Waals surface area contributed by atoms with Gasteiger partial charge in [0.2, 0.25) is 0 Å². The molecule has 0 amide bonds. The van der Waals surface area contributed by atoms with E-state index in [1.165, 1.54) is 0 Å². The predicted molar refractivity (Wildman–Crippen MR) is 62.6 cm³/mol. The van der Waals surface area contributed by atoms with Crippen molar-refractivity contribution in [2.45, 2.75) is 12.3 Å². The average molecular weight is 279 g/mol. The molecule has 0 spiro atoms. The molecule has 0 aromatic heterocycles. The number of hydrogen-bond donors (Lipinski definition) is 2. The SMILES string of the molecule is CC(CN)(CO)c1c(Cl)cccc1Br. The van der Waals surface area contributed by atoms with Gasteiger partial charge in [0.15, 0.2) is 0 Å². The lowest BCUT2D eigenvalue weighted by Gasteiger charge is -2.28. The van der Waals surface area contributed by atoms with Crippen molar-refractivity contribution in [2.75, 3.05) is 13.2 Å². The number of halogens is 2. The molecular weight excluding hydrogens is 265 g/mol. The molecule has 2 nitrogen and oxygen atoms in total. The van der Waals surface area contributed by atoms with E-state index in [0.717, 1.165) is 10.0 Å². The monoisotopic (exact) mass is 277 g/mol. The third-order valence-corrected chi connectivity index (χ3v) is 3.34. The van der Waals surface area contributed by atoms with Crippen LogP contribution in [-0.2, 0) is 5.41 Å². The summed E-state index contributed by atoms with van der Waals surface area (Å²) in [6.07, 6.45) is 0. The van der Waals surface area contributed by atoms with E-state index in [9.17, 15) is 5.11 Å². The van der Waals surface area contributed by atoms with Gasteiger partial charge in [0.25, 0.3) is 0 Å². The summed E-state index contributed by atoms with van der Waals surface area (Å²) in [6, 6.07) is 5.54. The minimum Gasteiger partial charge on any atom is -0.395 e. The van der Waals surface area contributed by atoms with Crippen LogP contribution in [0.4, 0.5) is 0 Å². The highest BCUT2D eigenvalue weighted by molar-refractivity contribution is 9.10. The Morgan fingerprint density at radius 1 is 1.57 bits per heavy atom. The molecule has 0 fully saturated rings. The topological polar surface area (TPSA) is 46.2 Å². The summed E-state index contributed by atoms with van der Waals surface area (Å²) >= 11 is 9.49. The first-order valence-corrected chi connectivity index (χ1v) is 5.47. The smallest absolute Gasteiger partial charge is 0.0538 e. The van der Waals surface area contributed by atoms with Crippen LogP contribution in [0.25, 0.3) is 0 Å². The molecule has 78 valence electrons. The standard InChI is InChI=1S/C10H13BrClNO/c1-10(5-13,6-14)9-7(11)3-2-4-8(9)12/h2-4,14H,5-6,13H2,1H3. The molecule has 3 N–H and O–H groups in total. The Hall–Kier alpha value is -0.0900. The summed E-state index contributed by atoms with van der Waals surface area (Å²) in [5.41, 5.74) is 6.03. The van der Waals surface area contributed by atoms with E-state index < -0.39 is 5.41 Å². The minimum absolute atomic E-state index is 0.0220. The van der Waals surface area contributed by atoms with Gasteiger partial charge in [0.1, 0.15) is 0 Å². The molecule has 0 saturated carbocycles. The first kappa shape index (κ1) is 12.0. The molecule has 1 aromatic rings. The largest absolute Gasteiger partial charge is 0.395 e. The molecule has 0 bridgehead atoms. The molecule has 1 aromatic carbocycles. The van der Waals surface area contributed by atoms with Crippen molar-refractivity contribution >= 4 is 27.5 Å². The molecule has 0 heterocycles. The zero-order valence-electron chi connectivity index (χ0n) is 7.93. The third-order valence-electron chi connectivity index (χ3n) is 2.37. The highest BCUT2D eigenvalue weighted by atomic mass is 79.9. The lowest BCUT2D eigenvalue weighted by atomic mass is 9.83. The Balaban J connectivity index is 3.29. The maximum atomic E-state index is 9.33. The fourth-order valence-corrected chi connectivity index (χ4v) is 2.68. The second-order valence-electron chi connectivity index (χ2n) is 3.52. The molecule has 1 rings (SSSR count). The summed E-state index contributed by atoms with van der Waals surface area (Å²) in [4.78, 5) is 0. The van der Waals surface area contributed by atoms with Gasteiger partial charge in [-0.15, -0.1) is 0 Å². The molecule has 14 heavy (non-hydrogen) atoms. The van der Waals surface area contributed by atoms with Gasteiger partial charge < -0.3 is 10.8 Å². The van der Waals surface area contributed by atoms with Crippen molar-refractivity contribution in [3.8, 4) is 0 Å². The van der Waals surface area contributed by atoms with E-state index >= 15 is 0 Å². The molecule has 0 aliphatic carbocycles. The van der Waals surface area contributed by atoms with E-state index in [1.54, 1.807) is 6.07 Å². The van der Waals surface area contributed by atoms with Crippen LogP contribution in [0, 0.1) is 0 Å². The van der Waals surface area contributed by atoms with Crippen molar-refractivity contribution in [3.63, 3.8) is 0 Å². The fraction of sp³-hybridized carbons (Fsp3) is 0.400. The Kier molecular flexibility index (Phi) is 3.95. The van der Waals surface area contributed by atoms with Crippen molar-refractivity contribution < 1.29 is 5.11 Å². The van der Waals surface area contributed by atoms with Gasteiger partial charge >= 0.3 is 0 Å². The lowest BCUT2D eigenvalue weighted by Crippen LogP contribution is -2.36. The predicted octanol–water partition coefficient (Wildman–Crippen LogP) is 2.31. The highest BCUT2D eigenvalue weighted by Crippen LogP contribution is 2.35. The van der Waals surface area contributed by atoms with E-state index in [-0.39, 0.29) is 6.61 Å². The van der Waals surface area contributed by atoms with E-state index in [4.69, 9.17) is 17.3 Å². The third kappa shape index (κ3) is 2.11. The Labute approximate surface area is 97.2 Å². The Bertz CT molecular complexity index is 306. The number of aliphatic hydroxyl groups excluding tert-OH is 1. The van der Waals surface area contributed by atoms with Gasteiger partial charge in [-0.2, -0.15) is 0 Å². The first-order valence-electron chi connectivity index (χ1n) is 4.30. The van der Waals surface area contributed by atoms with Gasteiger partial charge in [0, 0.05) is 21.5 Å². The van der Waals surface area contributed by atoms with Gasteiger partial charge in [-0.25, -0.2) is 0 Å². The molecule has 0 saturated heterocycles. The molecule has 4 heteroatoms. The van der Waals surface area contributed by atoms with Gasteiger partial charge in [-0.1, -0.05) is 40.5 Å². The van der Waals surface area contributed by atoms with E-state index in [1.807, 2.05) is 19.1 Å². The van der Waals surface area contributed by atoms with Crippen LogP contribution in [0.1, 0.15) is 12.5 Å². The van der Waals surface area contributed by atoms with Crippen LogP contribution in [0.15, 0.2) is 22.7 Å². The highest BCUT2D eigenvalue weighted by Gasteiger charge is 2.28. The summed E-state index contributed by atoms with van der Waals surface area (Å²) < 4.78 is 0.881. The summed E-state index contributed by atoms with van der Waals surface area (Å²) in [5, 5.41) is 9.95. The molecule has 0 aliphatic rings. The number of benzene rings is 1.